The lowest BCUT2D eigenvalue weighted by molar-refractivity contribution is 0.0601. The first kappa shape index (κ1) is 26.4. The van der Waals surface area contributed by atoms with Crippen molar-refractivity contribution >= 4 is 49.5 Å². The number of hydrogen-bond donors (Lipinski definition) is 0. The zero-order valence-corrected chi connectivity index (χ0v) is 24.5. The van der Waals surface area contributed by atoms with Gasteiger partial charge in [0, 0.05) is 11.3 Å². The number of rotatable bonds is 9. The fraction of sp³-hybridized carbons (Fsp3) is 0.125. The molecule has 44 heavy (non-hydrogen) atoms. The van der Waals surface area contributed by atoms with Crippen LogP contribution in [0, 0.1) is 0 Å². The molecule has 7 aromatic carbocycles. The molecule has 1 atom stereocenters. The van der Waals surface area contributed by atoms with Gasteiger partial charge in [-0.3, -0.25) is 4.90 Å². The molecule has 0 N–H and O–H groups in total. The molecule has 214 valence electrons. The number of unbranched alkanes of at least 4 members (excludes halogenated alkanes) is 1. The van der Waals surface area contributed by atoms with Crippen molar-refractivity contribution < 1.29 is 4.74 Å². The Morgan fingerprint density at radius 1 is 0.545 bits per heavy atom. The van der Waals surface area contributed by atoms with E-state index in [2.05, 4.69) is 120 Å². The third-order valence-electron chi connectivity index (χ3n) is 8.67. The molecule has 0 saturated carbocycles. The Balaban J connectivity index is 1.04. The molecule has 8 rings (SSSR count). The monoisotopic (exact) mass is 571 g/mol. The normalized spacial score (nSPS) is 15.1. The van der Waals surface area contributed by atoms with Crippen LogP contribution in [0.4, 0.5) is 11.4 Å². The summed E-state index contributed by atoms with van der Waals surface area (Å²) in [6.45, 7) is 0.626. The van der Waals surface area contributed by atoms with Gasteiger partial charge >= 0.3 is 0 Å². The Labute approximate surface area is 257 Å². The van der Waals surface area contributed by atoms with Gasteiger partial charge in [0.15, 0.2) is 5.84 Å². The van der Waals surface area contributed by atoms with Gasteiger partial charge in [-0.1, -0.05) is 121 Å². The molecule has 1 aliphatic rings. The van der Waals surface area contributed by atoms with Crippen LogP contribution in [0.3, 0.4) is 0 Å². The third-order valence-corrected chi connectivity index (χ3v) is 8.67. The molecule has 0 aliphatic carbocycles. The predicted octanol–water partition coefficient (Wildman–Crippen LogP) is 9.60. The number of para-hydroxylation sites is 2. The van der Waals surface area contributed by atoms with Gasteiger partial charge in [-0.05, 0) is 81.4 Å². The number of aryl methyl sites for hydroxylation is 1. The van der Waals surface area contributed by atoms with Crippen LogP contribution >= 0.6 is 0 Å². The van der Waals surface area contributed by atoms with Gasteiger partial charge in [0.2, 0.25) is 6.35 Å². The maximum Gasteiger partial charge on any atom is 0.235 e. The molecule has 4 nitrogen and oxygen atoms in total. The van der Waals surface area contributed by atoms with Crippen LogP contribution in [0.25, 0.3) is 32.3 Å². The van der Waals surface area contributed by atoms with Gasteiger partial charge in [0.25, 0.3) is 0 Å². The standard InChI is InChI=1S/C40H33N3O/c1-4-14-33(15-5-1)39-41-43(35-20-8-3-9-21-35)40(42(39)34-18-6-2-7-19-34)44-28-11-10-13-29-22-23-32-25-24-30-16-12-17-31-26-27-36(29)38(32)37(30)31/h1-9,12,14-27,40H,10-11,13,28H2. The second kappa shape index (κ2) is 11.5. The van der Waals surface area contributed by atoms with E-state index in [1.54, 1.807) is 0 Å². The first-order chi connectivity index (χ1) is 21.8. The molecule has 0 spiro atoms. The summed E-state index contributed by atoms with van der Waals surface area (Å²) in [5, 5.41) is 15.2. The maximum atomic E-state index is 6.74. The van der Waals surface area contributed by atoms with E-state index in [0.717, 1.165) is 42.0 Å². The molecule has 0 fully saturated rings. The van der Waals surface area contributed by atoms with Crippen molar-refractivity contribution in [1.29, 1.82) is 0 Å². The Morgan fingerprint density at radius 3 is 1.89 bits per heavy atom. The van der Waals surface area contributed by atoms with Crippen molar-refractivity contribution in [1.82, 2.24) is 0 Å². The summed E-state index contributed by atoms with van der Waals surface area (Å²) in [7, 11) is 0. The van der Waals surface area contributed by atoms with Crippen LogP contribution in [0.5, 0.6) is 0 Å². The number of ether oxygens (including phenoxy) is 1. The summed E-state index contributed by atoms with van der Waals surface area (Å²) in [6.07, 6.45) is 2.60. The van der Waals surface area contributed by atoms with E-state index in [0.29, 0.717) is 6.61 Å². The number of hydrogen-bond acceptors (Lipinski definition) is 4. The van der Waals surface area contributed by atoms with E-state index in [-0.39, 0.29) is 0 Å². The van der Waals surface area contributed by atoms with Crippen LogP contribution < -0.4 is 9.91 Å². The molecule has 0 saturated heterocycles. The highest BCUT2D eigenvalue weighted by molar-refractivity contribution is 6.23. The molecule has 1 unspecified atom stereocenters. The number of nitrogens with zero attached hydrogens (tertiary/aromatic N) is 3. The second-order valence-corrected chi connectivity index (χ2v) is 11.4. The van der Waals surface area contributed by atoms with Crippen LogP contribution in [0.2, 0.25) is 0 Å². The molecule has 4 heteroatoms. The van der Waals surface area contributed by atoms with Crippen molar-refractivity contribution in [2.24, 2.45) is 5.10 Å². The van der Waals surface area contributed by atoms with Gasteiger partial charge in [-0.15, -0.1) is 5.10 Å². The van der Waals surface area contributed by atoms with Crippen molar-refractivity contribution in [3.05, 3.63) is 157 Å². The van der Waals surface area contributed by atoms with E-state index < -0.39 is 6.35 Å². The SMILES string of the molecule is c1ccc(C2=NN(c3ccccc3)C(OCCCCc3ccc4ccc5cccc6ccc3c4c56)N2c2ccccc2)cc1. The Morgan fingerprint density at radius 2 is 1.16 bits per heavy atom. The summed E-state index contributed by atoms with van der Waals surface area (Å²) in [6, 6.07) is 51.4. The molecule has 0 bridgehead atoms. The van der Waals surface area contributed by atoms with Crippen LogP contribution in [0.1, 0.15) is 24.0 Å². The number of benzene rings is 7. The fourth-order valence-corrected chi connectivity index (χ4v) is 6.57. The smallest absolute Gasteiger partial charge is 0.235 e. The van der Waals surface area contributed by atoms with Gasteiger partial charge in [0.1, 0.15) is 0 Å². The van der Waals surface area contributed by atoms with Gasteiger partial charge < -0.3 is 4.74 Å². The van der Waals surface area contributed by atoms with Crippen LogP contribution in [-0.4, -0.2) is 18.8 Å². The predicted molar refractivity (Wildman–Crippen MR) is 184 cm³/mol. The highest BCUT2D eigenvalue weighted by Gasteiger charge is 2.37. The number of hydrazone groups is 1. The van der Waals surface area contributed by atoms with E-state index >= 15 is 0 Å². The first-order valence-electron chi connectivity index (χ1n) is 15.4. The highest BCUT2D eigenvalue weighted by atomic mass is 16.5. The summed E-state index contributed by atoms with van der Waals surface area (Å²) in [4.78, 5) is 2.21. The minimum Gasteiger partial charge on any atom is -0.339 e. The lowest BCUT2D eigenvalue weighted by Crippen LogP contribution is -2.45. The lowest BCUT2D eigenvalue weighted by atomic mass is 9.91. The van der Waals surface area contributed by atoms with E-state index in [9.17, 15) is 0 Å². The minimum atomic E-state index is -0.399. The van der Waals surface area contributed by atoms with Crippen LogP contribution in [-0.2, 0) is 11.2 Å². The average Bonchev–Trinajstić information content (AvgIpc) is 3.48. The van der Waals surface area contributed by atoms with Crippen LogP contribution in [0.15, 0.2) is 151 Å². The Kier molecular flexibility index (Phi) is 6.90. The summed E-state index contributed by atoms with van der Waals surface area (Å²) >= 11 is 0. The molecule has 0 amide bonds. The van der Waals surface area contributed by atoms with Crippen molar-refractivity contribution in [2.75, 3.05) is 16.5 Å². The maximum absolute atomic E-state index is 6.74. The van der Waals surface area contributed by atoms with Gasteiger partial charge in [0.05, 0.1) is 12.3 Å². The van der Waals surface area contributed by atoms with E-state index in [4.69, 9.17) is 9.84 Å². The second-order valence-electron chi connectivity index (χ2n) is 11.4. The molecule has 1 aliphatic heterocycles. The molecular formula is C40H33N3O. The minimum absolute atomic E-state index is 0.399. The topological polar surface area (TPSA) is 28.1 Å². The molecule has 0 aromatic heterocycles. The summed E-state index contributed by atoms with van der Waals surface area (Å²) in [5.41, 5.74) is 4.51. The highest BCUT2D eigenvalue weighted by Crippen LogP contribution is 2.37. The number of anilines is 2. The largest absolute Gasteiger partial charge is 0.339 e. The van der Waals surface area contributed by atoms with Gasteiger partial charge in [-0.2, -0.15) is 0 Å². The Hall–Kier alpha value is -5.19. The molecule has 1 heterocycles. The zero-order chi connectivity index (χ0) is 29.3. The summed E-state index contributed by atoms with van der Waals surface area (Å²) in [5.74, 6) is 0.874. The zero-order valence-electron chi connectivity index (χ0n) is 24.5. The molecule has 0 radical (unpaired) electrons. The van der Waals surface area contributed by atoms with Crippen molar-refractivity contribution in [3.8, 4) is 0 Å². The first-order valence-corrected chi connectivity index (χ1v) is 15.4. The van der Waals surface area contributed by atoms with E-state index in [1.165, 1.54) is 37.9 Å². The fourth-order valence-electron chi connectivity index (χ4n) is 6.57. The van der Waals surface area contributed by atoms with Crippen molar-refractivity contribution in [3.63, 3.8) is 0 Å². The average molecular weight is 572 g/mol. The Bertz CT molecular complexity index is 2040. The van der Waals surface area contributed by atoms with Crippen molar-refractivity contribution in [2.45, 2.75) is 25.6 Å². The molecule has 7 aromatic rings. The van der Waals surface area contributed by atoms with E-state index in [1.807, 2.05) is 35.3 Å². The summed E-state index contributed by atoms with van der Waals surface area (Å²) < 4.78 is 6.74. The molecular weight excluding hydrogens is 538 g/mol. The third kappa shape index (κ3) is 4.74. The van der Waals surface area contributed by atoms with Gasteiger partial charge in [-0.25, -0.2) is 5.01 Å². The number of amidine groups is 1. The quantitative estimate of drug-likeness (QED) is 0.128. The lowest BCUT2D eigenvalue weighted by Gasteiger charge is -2.31.